The highest BCUT2D eigenvalue weighted by Crippen LogP contribution is 2.22. The normalized spacial score (nSPS) is 10.5. The Labute approximate surface area is 121 Å². The molecule has 0 unspecified atom stereocenters. The molecule has 6 heteroatoms. The molecular weight excluding hydrogens is 282 g/mol. The Hall–Kier alpha value is -1.33. The van der Waals surface area contributed by atoms with Crippen LogP contribution in [0.5, 0.6) is 5.88 Å². The molecule has 0 aliphatic rings. The van der Waals surface area contributed by atoms with E-state index in [0.717, 1.165) is 21.3 Å². The summed E-state index contributed by atoms with van der Waals surface area (Å²) < 4.78 is 6.31. The van der Waals surface area contributed by atoms with Gasteiger partial charge in [0.2, 0.25) is 11.8 Å². The molecule has 19 heavy (non-hydrogen) atoms. The molecule has 0 radical (unpaired) electrons. The number of aryl methyl sites for hydroxylation is 1. The summed E-state index contributed by atoms with van der Waals surface area (Å²) >= 11 is 7.43. The standard InChI is InChI=1S/C13H16ClN3OS/c1-3-6-18-12-7-9(2)16-13(17-12)15-8-10-4-5-11(14)19-10/h4-5,7H,3,6,8H2,1-2H3,(H,15,16,17). The minimum atomic E-state index is 0.579. The molecule has 0 amide bonds. The molecule has 0 saturated carbocycles. The van der Waals surface area contributed by atoms with Crippen LogP contribution in [0.4, 0.5) is 5.95 Å². The maximum absolute atomic E-state index is 5.89. The lowest BCUT2D eigenvalue weighted by Gasteiger charge is -2.08. The molecule has 0 aliphatic heterocycles. The fourth-order valence-electron chi connectivity index (χ4n) is 1.51. The monoisotopic (exact) mass is 297 g/mol. The summed E-state index contributed by atoms with van der Waals surface area (Å²) in [6, 6.07) is 5.71. The number of anilines is 1. The molecule has 0 aromatic carbocycles. The fraction of sp³-hybridized carbons (Fsp3) is 0.385. The van der Waals surface area contributed by atoms with Gasteiger partial charge in [-0.25, -0.2) is 4.98 Å². The van der Waals surface area contributed by atoms with Crippen molar-refractivity contribution in [2.45, 2.75) is 26.8 Å². The molecule has 1 N–H and O–H groups in total. The zero-order valence-corrected chi connectivity index (χ0v) is 12.5. The molecular formula is C13H16ClN3OS. The number of rotatable bonds is 6. The van der Waals surface area contributed by atoms with Gasteiger partial charge in [0.05, 0.1) is 17.5 Å². The molecule has 0 atom stereocenters. The second kappa shape index (κ2) is 6.73. The number of halogens is 1. The summed E-state index contributed by atoms with van der Waals surface area (Å²) in [5.41, 5.74) is 0.882. The van der Waals surface area contributed by atoms with Crippen molar-refractivity contribution in [2.75, 3.05) is 11.9 Å². The van der Waals surface area contributed by atoms with E-state index in [1.165, 1.54) is 0 Å². The van der Waals surface area contributed by atoms with Gasteiger partial charge in [-0.2, -0.15) is 4.98 Å². The van der Waals surface area contributed by atoms with Gasteiger partial charge in [-0.15, -0.1) is 11.3 Å². The van der Waals surface area contributed by atoms with Crippen LogP contribution >= 0.6 is 22.9 Å². The predicted octanol–water partition coefficient (Wildman–Crippen LogP) is 3.90. The number of aromatic nitrogens is 2. The zero-order chi connectivity index (χ0) is 13.7. The van der Waals surface area contributed by atoms with Gasteiger partial charge in [0.1, 0.15) is 0 Å². The highest BCUT2D eigenvalue weighted by atomic mass is 35.5. The van der Waals surface area contributed by atoms with Gasteiger partial charge in [-0.1, -0.05) is 18.5 Å². The SMILES string of the molecule is CCCOc1cc(C)nc(NCc2ccc(Cl)s2)n1. The van der Waals surface area contributed by atoms with Gasteiger partial charge in [0.15, 0.2) is 0 Å². The number of thiophene rings is 1. The number of nitrogens with zero attached hydrogens (tertiary/aromatic N) is 2. The van der Waals surface area contributed by atoms with Crippen molar-refractivity contribution < 1.29 is 4.74 Å². The first kappa shape index (κ1) is 14.1. The van der Waals surface area contributed by atoms with E-state index in [1.807, 2.05) is 25.1 Å². The number of hydrogen-bond acceptors (Lipinski definition) is 5. The zero-order valence-electron chi connectivity index (χ0n) is 10.9. The lowest BCUT2D eigenvalue weighted by molar-refractivity contribution is 0.305. The van der Waals surface area contributed by atoms with Crippen molar-refractivity contribution in [3.05, 3.63) is 33.1 Å². The molecule has 2 heterocycles. The Morgan fingerprint density at radius 1 is 1.37 bits per heavy atom. The number of nitrogens with one attached hydrogen (secondary N) is 1. The van der Waals surface area contributed by atoms with E-state index in [2.05, 4.69) is 22.2 Å². The van der Waals surface area contributed by atoms with Crippen LogP contribution < -0.4 is 10.1 Å². The van der Waals surface area contributed by atoms with E-state index in [9.17, 15) is 0 Å². The topological polar surface area (TPSA) is 47.0 Å². The first-order valence-electron chi connectivity index (χ1n) is 6.14. The third-order valence-corrected chi connectivity index (χ3v) is 3.57. The quantitative estimate of drug-likeness (QED) is 0.878. The van der Waals surface area contributed by atoms with E-state index in [4.69, 9.17) is 16.3 Å². The van der Waals surface area contributed by atoms with E-state index in [0.29, 0.717) is 25.0 Å². The van der Waals surface area contributed by atoms with Crippen LogP contribution in [0.3, 0.4) is 0 Å². The second-order valence-corrected chi connectivity index (χ2v) is 5.88. The first-order chi connectivity index (χ1) is 9.17. The van der Waals surface area contributed by atoms with Crippen LogP contribution in [0.2, 0.25) is 4.34 Å². The maximum atomic E-state index is 5.89. The van der Waals surface area contributed by atoms with Crippen LogP contribution in [-0.4, -0.2) is 16.6 Å². The van der Waals surface area contributed by atoms with Gasteiger partial charge >= 0.3 is 0 Å². The molecule has 4 nitrogen and oxygen atoms in total. The van der Waals surface area contributed by atoms with Gasteiger partial charge in [0.25, 0.3) is 0 Å². The van der Waals surface area contributed by atoms with Crippen LogP contribution in [0.1, 0.15) is 23.9 Å². The molecule has 0 bridgehead atoms. The Kier molecular flexibility index (Phi) is 4.99. The molecule has 0 fully saturated rings. The highest BCUT2D eigenvalue weighted by molar-refractivity contribution is 7.16. The first-order valence-corrected chi connectivity index (χ1v) is 7.33. The predicted molar refractivity (Wildman–Crippen MR) is 79.2 cm³/mol. The van der Waals surface area contributed by atoms with Gasteiger partial charge in [-0.3, -0.25) is 0 Å². The summed E-state index contributed by atoms with van der Waals surface area (Å²) in [5.74, 6) is 1.19. The summed E-state index contributed by atoms with van der Waals surface area (Å²) in [6.07, 6.45) is 0.958. The van der Waals surface area contributed by atoms with Gasteiger partial charge < -0.3 is 10.1 Å². The molecule has 2 rings (SSSR count). The third kappa shape index (κ3) is 4.36. The summed E-state index contributed by atoms with van der Waals surface area (Å²) in [7, 11) is 0. The van der Waals surface area contributed by atoms with Crippen molar-refractivity contribution in [1.29, 1.82) is 0 Å². The average Bonchev–Trinajstić information content (AvgIpc) is 2.79. The summed E-state index contributed by atoms with van der Waals surface area (Å²) in [6.45, 7) is 5.31. The van der Waals surface area contributed by atoms with Crippen molar-refractivity contribution in [2.24, 2.45) is 0 Å². The van der Waals surface area contributed by atoms with Gasteiger partial charge in [-0.05, 0) is 25.5 Å². The molecule has 102 valence electrons. The van der Waals surface area contributed by atoms with Crippen molar-refractivity contribution >= 4 is 28.9 Å². The second-order valence-electron chi connectivity index (χ2n) is 4.08. The van der Waals surface area contributed by atoms with E-state index in [-0.39, 0.29) is 0 Å². The fourth-order valence-corrected chi connectivity index (χ4v) is 2.54. The Balaban J connectivity index is 2.01. The van der Waals surface area contributed by atoms with Crippen molar-refractivity contribution in [3.8, 4) is 5.88 Å². The number of ether oxygens (including phenoxy) is 1. The molecule has 2 aromatic heterocycles. The lowest BCUT2D eigenvalue weighted by atomic mass is 10.4. The van der Waals surface area contributed by atoms with Crippen LogP contribution in [0.25, 0.3) is 0 Å². The Morgan fingerprint density at radius 2 is 2.21 bits per heavy atom. The van der Waals surface area contributed by atoms with E-state index < -0.39 is 0 Å². The van der Waals surface area contributed by atoms with Crippen LogP contribution in [0, 0.1) is 6.92 Å². The van der Waals surface area contributed by atoms with Crippen molar-refractivity contribution in [3.63, 3.8) is 0 Å². The Morgan fingerprint density at radius 3 is 2.89 bits per heavy atom. The third-order valence-electron chi connectivity index (χ3n) is 2.33. The van der Waals surface area contributed by atoms with E-state index >= 15 is 0 Å². The summed E-state index contributed by atoms with van der Waals surface area (Å²) in [4.78, 5) is 9.80. The van der Waals surface area contributed by atoms with Crippen LogP contribution in [0.15, 0.2) is 18.2 Å². The molecule has 0 saturated heterocycles. The highest BCUT2D eigenvalue weighted by Gasteiger charge is 2.04. The largest absolute Gasteiger partial charge is 0.478 e. The van der Waals surface area contributed by atoms with Gasteiger partial charge in [0, 0.05) is 16.6 Å². The minimum absolute atomic E-state index is 0.579. The number of hydrogen-bond donors (Lipinski definition) is 1. The van der Waals surface area contributed by atoms with E-state index in [1.54, 1.807) is 11.3 Å². The smallest absolute Gasteiger partial charge is 0.226 e. The Bertz CT molecular complexity index is 544. The van der Waals surface area contributed by atoms with Crippen LogP contribution in [-0.2, 0) is 6.54 Å². The minimum Gasteiger partial charge on any atom is -0.478 e. The average molecular weight is 298 g/mol. The molecule has 0 spiro atoms. The lowest BCUT2D eigenvalue weighted by Crippen LogP contribution is -2.06. The van der Waals surface area contributed by atoms with Crippen molar-refractivity contribution in [1.82, 2.24) is 9.97 Å². The maximum Gasteiger partial charge on any atom is 0.226 e. The summed E-state index contributed by atoms with van der Waals surface area (Å²) in [5, 5.41) is 3.18. The molecule has 0 aliphatic carbocycles. The molecule has 2 aromatic rings.